The van der Waals surface area contributed by atoms with E-state index in [-0.39, 0.29) is 5.92 Å². The normalized spacial score (nSPS) is 25.6. The molecule has 0 saturated carbocycles. The van der Waals surface area contributed by atoms with Crippen molar-refractivity contribution in [1.29, 1.82) is 0 Å². The highest BCUT2D eigenvalue weighted by Gasteiger charge is 2.58. The van der Waals surface area contributed by atoms with Crippen LogP contribution in [0.3, 0.4) is 0 Å². The molecule has 0 radical (unpaired) electrons. The van der Waals surface area contributed by atoms with E-state index in [2.05, 4.69) is 0 Å². The maximum Gasteiger partial charge on any atom is 0.434 e. The fraction of sp³-hybridized carbons (Fsp3) is 0.938. The van der Waals surface area contributed by atoms with E-state index in [4.69, 9.17) is 13.9 Å². The monoisotopic (exact) mass is 385 g/mol. The van der Waals surface area contributed by atoms with Crippen LogP contribution >= 0.6 is 0 Å². The summed E-state index contributed by atoms with van der Waals surface area (Å²) in [6, 6.07) is -0.854. The minimum absolute atomic E-state index is 0.0539. The van der Waals surface area contributed by atoms with Gasteiger partial charge in [-0.25, -0.2) is 4.79 Å². The number of amides is 1. The smallest absolute Gasteiger partial charge is 0.434 e. The van der Waals surface area contributed by atoms with E-state index in [0.717, 1.165) is 0 Å². The third-order valence-electron chi connectivity index (χ3n) is 3.25. The average Bonchev–Trinajstić information content (AvgIpc) is 2.62. The molecule has 0 bridgehead atoms. The van der Waals surface area contributed by atoms with Gasteiger partial charge in [0.05, 0.1) is 6.04 Å². The zero-order chi connectivity index (χ0) is 19.8. The molecule has 1 aliphatic rings. The zero-order valence-corrected chi connectivity index (χ0v) is 17.2. The van der Waals surface area contributed by atoms with E-state index < -0.39 is 44.7 Å². The molecule has 9 heteroatoms. The van der Waals surface area contributed by atoms with Crippen LogP contribution in [0.1, 0.15) is 41.0 Å². The Morgan fingerprint density at radius 2 is 1.72 bits per heavy atom. The second-order valence-corrected chi connectivity index (χ2v) is 13.2. The Morgan fingerprint density at radius 3 is 2.08 bits per heavy atom. The van der Waals surface area contributed by atoms with Gasteiger partial charge in [0.25, 0.3) is 0 Å². The molecule has 1 saturated heterocycles. The topological polar surface area (TPSA) is 48.0 Å². The molecule has 1 heterocycles. The molecule has 1 rings (SSSR count). The largest absolute Gasteiger partial charge is 0.444 e. The Labute approximate surface area is 148 Å². The van der Waals surface area contributed by atoms with Gasteiger partial charge in [-0.1, -0.05) is 13.8 Å². The zero-order valence-electron chi connectivity index (χ0n) is 16.2. The highest BCUT2D eigenvalue weighted by molar-refractivity contribution is 6.69. The third kappa shape index (κ3) is 6.78. The van der Waals surface area contributed by atoms with Crippen molar-refractivity contribution in [2.45, 2.75) is 91.0 Å². The minimum Gasteiger partial charge on any atom is -0.444 e. The van der Waals surface area contributed by atoms with Gasteiger partial charge in [-0.05, 0) is 52.8 Å². The summed E-state index contributed by atoms with van der Waals surface area (Å²) in [5.41, 5.74) is -0.909. The van der Waals surface area contributed by atoms with Gasteiger partial charge in [0.15, 0.2) is 14.6 Å². The molecular weight excluding hydrogens is 355 g/mol. The molecule has 0 aromatic carbocycles. The first-order valence-electron chi connectivity index (χ1n) is 8.42. The fourth-order valence-electron chi connectivity index (χ4n) is 2.53. The first-order valence-corrected chi connectivity index (χ1v) is 11.8. The number of alkyl halides is 3. The number of nitrogens with zero attached hydrogens (tertiary/aromatic N) is 1. The standard InChI is InChI=1S/C16H30F3NO4Si/c1-10(2)9-11-12(24-25(6,7)8)22-13(16(17,18)19)20(11)14(21)23-15(3,4)5/h10-13H,9H2,1-8H3/t11-,12-,13?/m0/s1. The quantitative estimate of drug-likeness (QED) is 0.656. The van der Waals surface area contributed by atoms with Crippen molar-refractivity contribution in [3.63, 3.8) is 0 Å². The Bertz CT molecular complexity index is 471. The first kappa shape index (κ1) is 22.2. The maximum atomic E-state index is 13.5. The van der Waals surface area contributed by atoms with Crippen LogP contribution in [0.5, 0.6) is 0 Å². The van der Waals surface area contributed by atoms with Gasteiger partial charge < -0.3 is 13.9 Å². The second kappa shape index (κ2) is 7.44. The predicted octanol–water partition coefficient (Wildman–Crippen LogP) is 4.73. The highest BCUT2D eigenvalue weighted by atomic mass is 28.4. The van der Waals surface area contributed by atoms with E-state index in [1.807, 2.05) is 33.5 Å². The Balaban J connectivity index is 3.23. The van der Waals surface area contributed by atoms with Crippen molar-refractivity contribution in [3.8, 4) is 0 Å². The molecule has 0 aromatic rings. The number of hydrogen-bond acceptors (Lipinski definition) is 4. The van der Waals surface area contributed by atoms with E-state index in [1.165, 1.54) is 0 Å². The number of halogens is 3. The highest BCUT2D eigenvalue weighted by Crippen LogP contribution is 2.39. The summed E-state index contributed by atoms with van der Waals surface area (Å²) < 4.78 is 56.7. The lowest BCUT2D eigenvalue weighted by Gasteiger charge is -2.33. The molecule has 25 heavy (non-hydrogen) atoms. The minimum atomic E-state index is -4.73. The van der Waals surface area contributed by atoms with E-state index in [1.54, 1.807) is 20.8 Å². The Hall–Kier alpha value is -0.803. The van der Waals surface area contributed by atoms with Crippen LogP contribution in [0, 0.1) is 5.92 Å². The fourth-order valence-corrected chi connectivity index (χ4v) is 3.44. The van der Waals surface area contributed by atoms with Crippen LogP contribution in [0.25, 0.3) is 0 Å². The lowest BCUT2D eigenvalue weighted by molar-refractivity contribution is -0.254. The number of hydrogen-bond donors (Lipinski definition) is 0. The Kier molecular flexibility index (Phi) is 6.62. The van der Waals surface area contributed by atoms with Gasteiger partial charge in [0, 0.05) is 0 Å². The van der Waals surface area contributed by atoms with E-state index in [9.17, 15) is 18.0 Å². The van der Waals surface area contributed by atoms with Crippen LogP contribution in [0.15, 0.2) is 0 Å². The van der Waals surface area contributed by atoms with Crippen molar-refractivity contribution in [2.24, 2.45) is 5.92 Å². The van der Waals surface area contributed by atoms with Crippen molar-refractivity contribution in [1.82, 2.24) is 4.90 Å². The summed E-state index contributed by atoms with van der Waals surface area (Å²) in [7, 11) is -2.19. The molecule has 0 aliphatic carbocycles. The van der Waals surface area contributed by atoms with Gasteiger partial charge in [-0.15, -0.1) is 0 Å². The molecule has 0 N–H and O–H groups in total. The van der Waals surface area contributed by atoms with Crippen molar-refractivity contribution >= 4 is 14.4 Å². The van der Waals surface area contributed by atoms with Crippen molar-refractivity contribution < 1.29 is 31.9 Å². The molecule has 0 aromatic heterocycles. The SMILES string of the molecule is CC(C)C[C@H]1[C@H](O[Si](C)(C)C)OC(C(F)(F)F)N1C(=O)OC(C)(C)C. The summed E-state index contributed by atoms with van der Waals surface area (Å²) in [5, 5.41) is 0. The third-order valence-corrected chi connectivity index (χ3v) is 4.19. The van der Waals surface area contributed by atoms with Crippen LogP contribution in [-0.4, -0.2) is 49.6 Å². The second-order valence-electron chi connectivity index (χ2n) is 8.71. The van der Waals surface area contributed by atoms with Crippen LogP contribution < -0.4 is 0 Å². The molecule has 1 unspecified atom stereocenters. The molecule has 0 spiro atoms. The molecule has 1 amide bonds. The van der Waals surface area contributed by atoms with E-state index in [0.29, 0.717) is 11.3 Å². The number of carbonyl (C=O) groups is 1. The molecule has 3 atom stereocenters. The molecule has 1 aliphatic heterocycles. The predicted molar refractivity (Wildman–Crippen MR) is 90.5 cm³/mol. The number of carbonyl (C=O) groups excluding carboxylic acids is 1. The molecule has 1 fully saturated rings. The van der Waals surface area contributed by atoms with Crippen molar-refractivity contribution in [2.75, 3.05) is 0 Å². The van der Waals surface area contributed by atoms with Crippen LogP contribution in [0.2, 0.25) is 19.6 Å². The van der Waals surface area contributed by atoms with Crippen molar-refractivity contribution in [3.05, 3.63) is 0 Å². The van der Waals surface area contributed by atoms with Gasteiger partial charge in [0.1, 0.15) is 5.60 Å². The summed E-state index contributed by atoms with van der Waals surface area (Å²) in [6.45, 7) is 14.2. The first-order chi connectivity index (χ1) is 11.0. The maximum absolute atomic E-state index is 13.5. The molecular formula is C16H30F3NO4Si. The molecule has 148 valence electrons. The summed E-state index contributed by atoms with van der Waals surface area (Å²) >= 11 is 0. The van der Waals surface area contributed by atoms with Crippen LogP contribution in [-0.2, 0) is 13.9 Å². The summed E-state index contributed by atoms with van der Waals surface area (Å²) in [6.07, 6.45) is -8.94. The van der Waals surface area contributed by atoms with Gasteiger partial charge in [-0.3, -0.25) is 4.90 Å². The number of ether oxygens (including phenoxy) is 2. The average molecular weight is 385 g/mol. The number of rotatable bonds is 4. The van der Waals surface area contributed by atoms with Crippen LogP contribution in [0.4, 0.5) is 18.0 Å². The lowest BCUT2D eigenvalue weighted by Crippen LogP contribution is -2.51. The van der Waals surface area contributed by atoms with E-state index >= 15 is 0 Å². The summed E-state index contributed by atoms with van der Waals surface area (Å²) in [4.78, 5) is 13.2. The van der Waals surface area contributed by atoms with Gasteiger partial charge in [0.2, 0.25) is 6.23 Å². The van der Waals surface area contributed by atoms with Gasteiger partial charge in [-0.2, -0.15) is 13.2 Å². The lowest BCUT2D eigenvalue weighted by atomic mass is 10.0. The molecule has 5 nitrogen and oxygen atoms in total. The summed E-state index contributed by atoms with van der Waals surface area (Å²) in [5.74, 6) is 0.0539. The van der Waals surface area contributed by atoms with Gasteiger partial charge >= 0.3 is 12.3 Å². The Morgan fingerprint density at radius 1 is 1.20 bits per heavy atom.